The summed E-state index contributed by atoms with van der Waals surface area (Å²) in [4.78, 5) is 10.6. The number of nitrogens with zero attached hydrogens (tertiary/aromatic N) is 2. The molecule has 0 radical (unpaired) electrons. The highest BCUT2D eigenvalue weighted by Crippen LogP contribution is 2.42. The maximum absolute atomic E-state index is 6.35. The largest absolute Gasteiger partial charge is 0.456 e. The van der Waals surface area contributed by atoms with E-state index in [1.165, 1.54) is 21.7 Å². The van der Waals surface area contributed by atoms with Crippen LogP contribution >= 0.6 is 0 Å². The van der Waals surface area contributed by atoms with Crippen LogP contribution in [0.1, 0.15) is 0 Å². The van der Waals surface area contributed by atoms with Crippen LogP contribution in [-0.2, 0) is 0 Å². The zero-order chi connectivity index (χ0) is 32.1. The first kappa shape index (κ1) is 26.5. The van der Waals surface area contributed by atoms with Crippen molar-refractivity contribution in [2.45, 2.75) is 0 Å². The predicted molar refractivity (Wildman–Crippen MR) is 205 cm³/mol. The zero-order valence-electron chi connectivity index (χ0n) is 26.3. The molecule has 0 unspecified atom stereocenters. The predicted octanol–water partition coefficient (Wildman–Crippen LogP) is 12.6. The van der Waals surface area contributed by atoms with E-state index in [1.54, 1.807) is 0 Å². The number of para-hydroxylation sites is 2. The van der Waals surface area contributed by atoms with E-state index in [4.69, 9.17) is 14.4 Å². The van der Waals surface area contributed by atoms with E-state index in [9.17, 15) is 0 Å². The fourth-order valence-electron chi connectivity index (χ4n) is 7.91. The second kappa shape index (κ2) is 9.96. The van der Waals surface area contributed by atoms with E-state index in [1.807, 2.05) is 12.1 Å². The average molecular weight is 623 g/mol. The Morgan fingerprint density at radius 3 is 1.65 bits per heavy atom. The molecule has 3 heteroatoms. The summed E-state index contributed by atoms with van der Waals surface area (Å²) in [5.41, 5.74) is 9.16. The van der Waals surface area contributed by atoms with Gasteiger partial charge >= 0.3 is 0 Å². The van der Waals surface area contributed by atoms with Crippen molar-refractivity contribution in [3.8, 4) is 22.4 Å². The molecular formula is C46H26N2O. The smallest absolute Gasteiger partial charge is 0.136 e. The van der Waals surface area contributed by atoms with Crippen molar-refractivity contribution in [2.24, 2.45) is 0 Å². The van der Waals surface area contributed by atoms with Gasteiger partial charge in [-0.25, -0.2) is 9.97 Å². The van der Waals surface area contributed by atoms with Gasteiger partial charge in [-0.1, -0.05) is 133 Å². The maximum Gasteiger partial charge on any atom is 0.136 e. The number of pyridine rings is 2. The van der Waals surface area contributed by atoms with Gasteiger partial charge in [-0.05, 0) is 46.0 Å². The Morgan fingerprint density at radius 2 is 0.939 bits per heavy atom. The van der Waals surface area contributed by atoms with Gasteiger partial charge in [0.15, 0.2) is 0 Å². The molecule has 49 heavy (non-hydrogen) atoms. The van der Waals surface area contributed by atoms with Crippen molar-refractivity contribution >= 4 is 87.0 Å². The number of hydrogen-bond donors (Lipinski definition) is 0. The first-order valence-electron chi connectivity index (χ1n) is 16.7. The summed E-state index contributed by atoms with van der Waals surface area (Å²) in [6, 6.07) is 56.1. The maximum atomic E-state index is 6.35. The Labute approximate surface area is 280 Å². The summed E-state index contributed by atoms with van der Waals surface area (Å²) in [5, 5.41) is 12.6. The van der Waals surface area contributed by atoms with Crippen molar-refractivity contribution in [1.82, 2.24) is 9.97 Å². The highest BCUT2D eigenvalue weighted by molar-refractivity contribution is 6.22. The fraction of sp³-hybridized carbons (Fsp3) is 0. The lowest BCUT2D eigenvalue weighted by atomic mass is 9.91. The van der Waals surface area contributed by atoms with Crippen LogP contribution < -0.4 is 0 Å². The molecule has 0 amide bonds. The normalized spacial score (nSPS) is 12.1. The third kappa shape index (κ3) is 3.84. The Balaban J connectivity index is 1.17. The minimum atomic E-state index is 0.873. The van der Waals surface area contributed by atoms with Gasteiger partial charge in [0.05, 0.1) is 22.2 Å². The zero-order valence-corrected chi connectivity index (χ0v) is 26.3. The van der Waals surface area contributed by atoms with Gasteiger partial charge < -0.3 is 4.42 Å². The Kier molecular flexibility index (Phi) is 5.38. The molecule has 0 aliphatic rings. The van der Waals surface area contributed by atoms with E-state index < -0.39 is 0 Å². The summed E-state index contributed by atoms with van der Waals surface area (Å²) in [7, 11) is 0. The van der Waals surface area contributed by atoms with Crippen LogP contribution in [-0.4, -0.2) is 9.97 Å². The van der Waals surface area contributed by atoms with E-state index in [0.717, 1.165) is 87.6 Å². The summed E-state index contributed by atoms with van der Waals surface area (Å²) in [6.45, 7) is 0. The van der Waals surface area contributed by atoms with Gasteiger partial charge in [-0.15, -0.1) is 0 Å². The molecule has 0 fully saturated rings. The Hall–Kier alpha value is -6.58. The molecular weight excluding hydrogens is 597 g/mol. The molecule has 0 atom stereocenters. The topological polar surface area (TPSA) is 38.9 Å². The second-order valence-corrected chi connectivity index (χ2v) is 12.9. The Morgan fingerprint density at radius 1 is 0.347 bits per heavy atom. The van der Waals surface area contributed by atoms with Gasteiger partial charge in [0.2, 0.25) is 0 Å². The number of furan rings is 1. The van der Waals surface area contributed by atoms with Crippen LogP contribution in [0.3, 0.4) is 0 Å². The van der Waals surface area contributed by atoms with Crippen LogP contribution in [0.15, 0.2) is 162 Å². The second-order valence-electron chi connectivity index (χ2n) is 12.9. The molecule has 0 N–H and O–H groups in total. The molecule has 11 aromatic rings. The van der Waals surface area contributed by atoms with Crippen LogP contribution in [0.25, 0.3) is 109 Å². The fourth-order valence-corrected chi connectivity index (χ4v) is 7.91. The van der Waals surface area contributed by atoms with Crippen LogP contribution in [0.5, 0.6) is 0 Å². The first-order valence-corrected chi connectivity index (χ1v) is 16.7. The Bertz CT molecular complexity index is 3060. The van der Waals surface area contributed by atoms with E-state index in [0.29, 0.717) is 0 Å². The molecule has 0 spiro atoms. The molecule has 0 bridgehead atoms. The van der Waals surface area contributed by atoms with Crippen LogP contribution in [0, 0.1) is 0 Å². The van der Waals surface area contributed by atoms with Gasteiger partial charge in [-0.3, -0.25) is 0 Å². The number of benzene rings is 8. The summed E-state index contributed by atoms with van der Waals surface area (Å²) < 4.78 is 6.35. The lowest BCUT2D eigenvalue weighted by molar-refractivity contribution is 0.669. The molecule has 3 aromatic heterocycles. The molecule has 0 saturated carbocycles. The van der Waals surface area contributed by atoms with Gasteiger partial charge in [-0.2, -0.15) is 0 Å². The lowest BCUT2D eigenvalue weighted by Gasteiger charge is -2.15. The van der Waals surface area contributed by atoms with Gasteiger partial charge in [0.25, 0.3) is 0 Å². The van der Waals surface area contributed by atoms with E-state index >= 15 is 0 Å². The highest BCUT2D eigenvalue weighted by atomic mass is 16.3. The first-order chi connectivity index (χ1) is 24.3. The van der Waals surface area contributed by atoms with Crippen molar-refractivity contribution in [2.75, 3.05) is 0 Å². The highest BCUT2D eigenvalue weighted by Gasteiger charge is 2.18. The molecule has 3 heterocycles. The number of hydrogen-bond acceptors (Lipinski definition) is 3. The standard InChI is InChI=1S/C46H26N2O/c1-3-11-31-27(9-1)21-23-35-43(36-24-22-28-10-2-4-12-32(28)46(36)48-45(31)35)29-17-19-30(20-18-29)44-39-26-42-38(34-14-6-8-16-41(34)49-42)25-37(39)33-13-5-7-15-40(33)47-44/h1-26H. The minimum absolute atomic E-state index is 0.873. The summed E-state index contributed by atoms with van der Waals surface area (Å²) >= 11 is 0. The van der Waals surface area contributed by atoms with Crippen LogP contribution in [0.4, 0.5) is 0 Å². The van der Waals surface area contributed by atoms with Crippen molar-refractivity contribution in [3.63, 3.8) is 0 Å². The molecule has 0 aliphatic heterocycles. The SMILES string of the molecule is c1ccc2c(c1)ccc1c(-c3ccc(-c4nc5ccccc5c5cc6c(cc45)oc4ccccc46)cc3)c3ccc4ccccc4c3nc12. The molecule has 8 aromatic carbocycles. The third-order valence-electron chi connectivity index (χ3n) is 10.2. The van der Waals surface area contributed by atoms with Crippen molar-refractivity contribution in [1.29, 1.82) is 0 Å². The number of aromatic nitrogens is 2. The summed E-state index contributed by atoms with van der Waals surface area (Å²) in [5.74, 6) is 0. The molecule has 0 saturated heterocycles. The molecule has 226 valence electrons. The van der Waals surface area contributed by atoms with Gasteiger partial charge in [0, 0.05) is 54.2 Å². The van der Waals surface area contributed by atoms with Gasteiger partial charge in [0.1, 0.15) is 11.2 Å². The van der Waals surface area contributed by atoms with Crippen LogP contribution in [0.2, 0.25) is 0 Å². The van der Waals surface area contributed by atoms with Crippen molar-refractivity contribution < 1.29 is 4.42 Å². The third-order valence-corrected chi connectivity index (χ3v) is 10.2. The average Bonchev–Trinajstić information content (AvgIpc) is 3.53. The number of fused-ring (bicyclic) bond motifs is 12. The van der Waals surface area contributed by atoms with E-state index in [2.05, 4.69) is 146 Å². The summed E-state index contributed by atoms with van der Waals surface area (Å²) in [6.07, 6.45) is 0. The lowest BCUT2D eigenvalue weighted by Crippen LogP contribution is -1.93. The molecule has 11 rings (SSSR count). The molecule has 3 nitrogen and oxygen atoms in total. The monoisotopic (exact) mass is 622 g/mol. The quantitative estimate of drug-likeness (QED) is 0.142. The van der Waals surface area contributed by atoms with Crippen molar-refractivity contribution in [3.05, 3.63) is 158 Å². The van der Waals surface area contributed by atoms with E-state index in [-0.39, 0.29) is 0 Å². The number of rotatable bonds is 2. The minimum Gasteiger partial charge on any atom is -0.456 e. The molecule has 0 aliphatic carbocycles.